The van der Waals surface area contributed by atoms with E-state index in [0.717, 1.165) is 73.5 Å². The molecule has 0 radical (unpaired) electrons. The van der Waals surface area contributed by atoms with Gasteiger partial charge in [0.2, 0.25) is 5.91 Å². The standard InChI is InChI=1S/C42H55N5O7/c1-9-26-23(5)32-19-35-27(10-2)22(4)31(44-35)18-33-24(6)28(38(46-33)25(7)30-16-21(3)29(43-30)17-34(26)45-32)12-13-37(49)47(8)14-11-15-53-42-41(52)40(51)39(50)36(20-48)54-42/h10,16-19,24,28,36,39-43,45,48,50-52H,2,9,11-15,20H2,1,3-8H3/t24-,28-,36+,39+,40-,41+,42+/m0/s1. The molecule has 7 atom stereocenters. The molecule has 1 saturated heterocycles. The number of fused-ring (bicyclic) bond motifs is 8. The van der Waals surface area contributed by atoms with E-state index in [1.165, 1.54) is 11.1 Å². The van der Waals surface area contributed by atoms with E-state index in [1.54, 1.807) is 11.9 Å². The van der Waals surface area contributed by atoms with Crippen LogP contribution in [0.3, 0.4) is 0 Å². The lowest BCUT2D eigenvalue weighted by molar-refractivity contribution is -0.301. The summed E-state index contributed by atoms with van der Waals surface area (Å²) in [5.41, 5.74) is 14.4. The Morgan fingerprint density at radius 3 is 2.39 bits per heavy atom. The normalized spacial score (nSPS) is 24.2. The number of aromatic amines is 2. The molecule has 1 fully saturated rings. The van der Waals surface area contributed by atoms with Gasteiger partial charge in [-0.05, 0) is 99.0 Å². The molecule has 3 aliphatic heterocycles. The molecule has 3 aliphatic rings. The number of allylic oxidation sites excluding steroid dienone is 3. The molecule has 0 aliphatic carbocycles. The molecule has 54 heavy (non-hydrogen) atoms. The van der Waals surface area contributed by atoms with Crippen LogP contribution in [0.2, 0.25) is 0 Å². The maximum Gasteiger partial charge on any atom is 0.222 e. The molecule has 6 heterocycles. The highest BCUT2D eigenvalue weighted by Crippen LogP contribution is 2.42. The van der Waals surface area contributed by atoms with Crippen molar-refractivity contribution in [3.63, 3.8) is 0 Å². The van der Waals surface area contributed by atoms with E-state index >= 15 is 0 Å². The molecular weight excluding hydrogens is 686 g/mol. The number of rotatable bonds is 11. The van der Waals surface area contributed by atoms with Gasteiger partial charge in [0.1, 0.15) is 24.4 Å². The second-order valence-electron chi connectivity index (χ2n) is 15.0. The minimum atomic E-state index is -1.50. The molecule has 0 saturated carbocycles. The first-order valence-electron chi connectivity index (χ1n) is 19.0. The zero-order valence-corrected chi connectivity index (χ0v) is 32.4. The lowest BCUT2D eigenvalue weighted by atomic mass is 9.85. The first-order valence-corrected chi connectivity index (χ1v) is 19.0. The van der Waals surface area contributed by atoms with Crippen LogP contribution in [0.5, 0.6) is 0 Å². The molecule has 8 bridgehead atoms. The van der Waals surface area contributed by atoms with Crippen LogP contribution in [0.4, 0.5) is 0 Å². The van der Waals surface area contributed by atoms with Crippen LogP contribution in [0.15, 0.2) is 36.9 Å². The molecule has 3 aromatic heterocycles. The first kappa shape index (κ1) is 39.5. The summed E-state index contributed by atoms with van der Waals surface area (Å²) in [5, 5.41) is 39.7. The zero-order valence-electron chi connectivity index (χ0n) is 32.4. The summed E-state index contributed by atoms with van der Waals surface area (Å²) < 4.78 is 11.0. The SMILES string of the molecule is C=CC1=C(C)c2cc3nc(c(C)c4cc(C)c(cc5[nH]c(cc1n2)c(C)c5CC)[nH]4)[C@@H](CCC(=O)N(C)CCCO[C@@H]1O[C@H](CO)[C@@H](O)[C@H](O)[C@H]1O)[C@@H]3C. The van der Waals surface area contributed by atoms with Crippen molar-refractivity contribution in [3.05, 3.63) is 81.9 Å². The van der Waals surface area contributed by atoms with E-state index in [9.17, 15) is 25.2 Å². The van der Waals surface area contributed by atoms with Crippen molar-refractivity contribution in [2.75, 3.05) is 26.8 Å². The topological polar surface area (TPSA) is 177 Å². The quantitative estimate of drug-likeness (QED) is 0.143. The van der Waals surface area contributed by atoms with Crippen molar-refractivity contribution >= 4 is 39.1 Å². The lowest BCUT2D eigenvalue weighted by Crippen LogP contribution is -2.59. The molecular formula is C42H55N5O7. The van der Waals surface area contributed by atoms with Gasteiger partial charge in [-0.2, -0.15) is 0 Å². The molecule has 12 heteroatoms. The predicted molar refractivity (Wildman–Crippen MR) is 210 cm³/mol. The van der Waals surface area contributed by atoms with Gasteiger partial charge in [-0.25, -0.2) is 4.98 Å². The summed E-state index contributed by atoms with van der Waals surface area (Å²) in [4.78, 5) is 32.9. The predicted octanol–water partition coefficient (Wildman–Crippen LogP) is 5.25. The molecule has 1 amide bonds. The van der Waals surface area contributed by atoms with Crippen LogP contribution < -0.4 is 0 Å². The lowest BCUT2D eigenvalue weighted by Gasteiger charge is -2.39. The van der Waals surface area contributed by atoms with E-state index in [-0.39, 0.29) is 24.3 Å². The number of nitrogens with zero attached hydrogens (tertiary/aromatic N) is 3. The molecule has 3 aromatic rings. The third kappa shape index (κ3) is 7.56. The largest absolute Gasteiger partial charge is 0.394 e. The molecule has 12 nitrogen and oxygen atoms in total. The van der Waals surface area contributed by atoms with Gasteiger partial charge in [-0.15, -0.1) is 0 Å². The summed E-state index contributed by atoms with van der Waals surface area (Å²) in [5.74, 6) is 0.0234. The average Bonchev–Trinajstić information content (AvgIpc) is 3.86. The van der Waals surface area contributed by atoms with Crippen LogP contribution >= 0.6 is 0 Å². The summed E-state index contributed by atoms with van der Waals surface area (Å²) in [6, 6.07) is 8.58. The maximum atomic E-state index is 13.5. The van der Waals surface area contributed by atoms with Crippen LogP contribution in [0.1, 0.15) is 96.9 Å². The number of carbonyl (C=O) groups is 1. The van der Waals surface area contributed by atoms with Gasteiger partial charge in [0, 0.05) is 70.9 Å². The Morgan fingerprint density at radius 2 is 1.69 bits per heavy atom. The smallest absolute Gasteiger partial charge is 0.222 e. The highest BCUT2D eigenvalue weighted by atomic mass is 16.7. The van der Waals surface area contributed by atoms with E-state index in [4.69, 9.17) is 19.4 Å². The van der Waals surface area contributed by atoms with Crippen LogP contribution in [-0.2, 0) is 20.7 Å². The number of ether oxygens (including phenoxy) is 2. The van der Waals surface area contributed by atoms with E-state index in [0.29, 0.717) is 25.8 Å². The van der Waals surface area contributed by atoms with Crippen molar-refractivity contribution in [2.24, 2.45) is 0 Å². The Kier molecular flexibility index (Phi) is 11.9. The van der Waals surface area contributed by atoms with Gasteiger partial charge in [-0.1, -0.05) is 26.5 Å². The fraction of sp³-hybridized carbons (Fsp3) is 0.500. The molecule has 0 unspecified atom stereocenters. The third-order valence-electron chi connectivity index (χ3n) is 11.5. The summed E-state index contributed by atoms with van der Waals surface area (Å²) in [7, 11) is 1.76. The Balaban J connectivity index is 1.27. The van der Waals surface area contributed by atoms with Gasteiger partial charge < -0.3 is 44.8 Å². The molecule has 0 spiro atoms. The number of aliphatic hydroxyl groups is 4. The first-order chi connectivity index (χ1) is 25.8. The van der Waals surface area contributed by atoms with E-state index < -0.39 is 37.3 Å². The Hall–Kier alpha value is -4.17. The summed E-state index contributed by atoms with van der Waals surface area (Å²) in [6.45, 7) is 16.9. The van der Waals surface area contributed by atoms with Crippen LogP contribution in [-0.4, -0.2) is 109 Å². The Bertz CT molecular complexity index is 2100. The minimum absolute atomic E-state index is 0.00472. The highest BCUT2D eigenvalue weighted by molar-refractivity contribution is 5.96. The number of aryl methyl sites for hydroxylation is 4. The van der Waals surface area contributed by atoms with E-state index in [2.05, 4.69) is 82.4 Å². The number of aromatic nitrogens is 4. The number of aliphatic hydroxyl groups excluding tert-OH is 4. The maximum absolute atomic E-state index is 13.5. The summed E-state index contributed by atoms with van der Waals surface area (Å²) in [6.07, 6.45) is -2.51. The summed E-state index contributed by atoms with van der Waals surface area (Å²) >= 11 is 0. The molecule has 6 rings (SSSR count). The fourth-order valence-corrected chi connectivity index (χ4v) is 7.98. The second-order valence-corrected chi connectivity index (χ2v) is 15.0. The van der Waals surface area contributed by atoms with Crippen LogP contribution in [0.25, 0.3) is 33.2 Å². The number of carbonyl (C=O) groups excluding carboxylic acids is 1. The second kappa shape index (κ2) is 16.3. The molecule has 290 valence electrons. The third-order valence-corrected chi connectivity index (χ3v) is 11.5. The van der Waals surface area contributed by atoms with Crippen molar-refractivity contribution in [1.29, 1.82) is 0 Å². The van der Waals surface area contributed by atoms with E-state index in [1.807, 2.05) is 6.08 Å². The van der Waals surface area contributed by atoms with Crippen molar-refractivity contribution in [3.8, 4) is 0 Å². The average molecular weight is 742 g/mol. The zero-order chi connectivity index (χ0) is 39.0. The van der Waals surface area contributed by atoms with Gasteiger partial charge in [0.05, 0.1) is 24.6 Å². The number of amides is 1. The number of H-pyrrole nitrogens is 2. The Morgan fingerprint density at radius 1 is 0.963 bits per heavy atom. The number of nitrogens with one attached hydrogen (secondary N) is 2. The monoisotopic (exact) mass is 741 g/mol. The number of hydrogen-bond acceptors (Lipinski definition) is 9. The minimum Gasteiger partial charge on any atom is -0.394 e. The van der Waals surface area contributed by atoms with Crippen molar-refractivity contribution < 1.29 is 34.7 Å². The molecule has 0 aromatic carbocycles. The highest BCUT2D eigenvalue weighted by Gasteiger charge is 2.44. The van der Waals surface area contributed by atoms with Gasteiger partial charge >= 0.3 is 0 Å². The van der Waals surface area contributed by atoms with Gasteiger partial charge in [0.25, 0.3) is 0 Å². The number of hydrogen-bond donors (Lipinski definition) is 6. The van der Waals surface area contributed by atoms with Crippen molar-refractivity contribution in [2.45, 2.75) is 110 Å². The van der Waals surface area contributed by atoms with Crippen LogP contribution in [0, 0.1) is 20.8 Å². The van der Waals surface area contributed by atoms with Gasteiger partial charge in [0.15, 0.2) is 6.29 Å². The van der Waals surface area contributed by atoms with Gasteiger partial charge in [-0.3, -0.25) is 9.78 Å². The van der Waals surface area contributed by atoms with Crippen molar-refractivity contribution in [1.82, 2.24) is 24.8 Å². The fourth-order valence-electron chi connectivity index (χ4n) is 7.98. The molecule has 6 N–H and O–H groups in total. The Labute approximate surface area is 316 Å².